The molecular formula is C15H22N2OS. The van der Waals surface area contributed by atoms with Crippen LogP contribution in [0.3, 0.4) is 0 Å². The Morgan fingerprint density at radius 2 is 2.16 bits per heavy atom. The van der Waals surface area contributed by atoms with Gasteiger partial charge in [-0.3, -0.25) is 0 Å². The second-order valence-electron chi connectivity index (χ2n) is 5.55. The van der Waals surface area contributed by atoms with Gasteiger partial charge in [0.05, 0.1) is 5.56 Å². The Kier molecular flexibility index (Phi) is 5.38. The van der Waals surface area contributed by atoms with Crippen molar-refractivity contribution in [3.8, 4) is 6.07 Å². The van der Waals surface area contributed by atoms with Gasteiger partial charge in [-0.1, -0.05) is 19.3 Å². The summed E-state index contributed by atoms with van der Waals surface area (Å²) in [5.41, 5.74) is 1.05. The highest BCUT2D eigenvalue weighted by atomic mass is 32.1. The van der Waals surface area contributed by atoms with Crippen LogP contribution in [0.1, 0.15) is 49.0 Å². The van der Waals surface area contributed by atoms with E-state index in [1.807, 2.05) is 11.4 Å². The van der Waals surface area contributed by atoms with Gasteiger partial charge in [0.1, 0.15) is 6.07 Å². The van der Waals surface area contributed by atoms with Crippen LogP contribution < -0.4 is 5.32 Å². The van der Waals surface area contributed by atoms with E-state index in [0.717, 1.165) is 25.1 Å². The summed E-state index contributed by atoms with van der Waals surface area (Å²) in [6, 6.07) is 4.12. The first-order chi connectivity index (χ1) is 9.28. The molecule has 1 fully saturated rings. The van der Waals surface area contributed by atoms with E-state index in [4.69, 9.17) is 5.26 Å². The van der Waals surface area contributed by atoms with Crippen molar-refractivity contribution in [1.82, 2.24) is 5.32 Å². The predicted octanol–water partition coefficient (Wildman–Crippen LogP) is 3.04. The maximum Gasteiger partial charge on any atom is 0.100 e. The third-order valence-corrected chi connectivity index (χ3v) is 5.08. The zero-order valence-electron chi connectivity index (χ0n) is 11.3. The quantitative estimate of drug-likeness (QED) is 0.841. The lowest BCUT2D eigenvalue weighted by atomic mass is 9.72. The molecular weight excluding hydrogens is 256 g/mol. The molecule has 1 aliphatic carbocycles. The number of aliphatic hydroxyl groups excluding tert-OH is 1. The van der Waals surface area contributed by atoms with Crippen molar-refractivity contribution in [2.75, 3.05) is 13.2 Å². The summed E-state index contributed by atoms with van der Waals surface area (Å²) in [5.74, 6) is 0. The number of nitrogens with one attached hydrogen (secondary N) is 1. The Morgan fingerprint density at radius 1 is 1.37 bits per heavy atom. The molecule has 0 unspecified atom stereocenters. The SMILES string of the molecule is N#Cc1csc(CNCC2(CCO)CCCCC2)c1. The van der Waals surface area contributed by atoms with Crippen LogP contribution in [0.5, 0.6) is 0 Å². The van der Waals surface area contributed by atoms with Gasteiger partial charge in [0.25, 0.3) is 0 Å². The molecule has 1 heterocycles. The smallest absolute Gasteiger partial charge is 0.100 e. The van der Waals surface area contributed by atoms with Crippen molar-refractivity contribution >= 4 is 11.3 Å². The molecule has 2 rings (SSSR count). The Morgan fingerprint density at radius 3 is 2.79 bits per heavy atom. The van der Waals surface area contributed by atoms with Crippen LogP contribution in [0, 0.1) is 16.7 Å². The highest BCUT2D eigenvalue weighted by Gasteiger charge is 2.30. The number of nitrogens with zero attached hydrogens (tertiary/aromatic N) is 1. The van der Waals surface area contributed by atoms with Crippen LogP contribution in [0.15, 0.2) is 11.4 Å². The van der Waals surface area contributed by atoms with Crippen molar-refractivity contribution in [2.24, 2.45) is 5.41 Å². The first kappa shape index (κ1) is 14.5. The monoisotopic (exact) mass is 278 g/mol. The summed E-state index contributed by atoms with van der Waals surface area (Å²) in [6.07, 6.45) is 7.29. The lowest BCUT2D eigenvalue weighted by Crippen LogP contribution is -2.36. The van der Waals surface area contributed by atoms with Crippen LogP contribution >= 0.6 is 11.3 Å². The molecule has 2 N–H and O–H groups in total. The highest BCUT2D eigenvalue weighted by Crippen LogP contribution is 2.38. The number of aliphatic hydroxyl groups is 1. The maximum absolute atomic E-state index is 9.27. The van der Waals surface area contributed by atoms with Crippen molar-refractivity contribution in [2.45, 2.75) is 45.1 Å². The third kappa shape index (κ3) is 4.04. The minimum absolute atomic E-state index is 0.291. The predicted molar refractivity (Wildman–Crippen MR) is 78.0 cm³/mol. The van der Waals surface area contributed by atoms with Crippen molar-refractivity contribution in [3.63, 3.8) is 0 Å². The lowest BCUT2D eigenvalue weighted by Gasteiger charge is -2.37. The molecule has 1 saturated carbocycles. The van der Waals surface area contributed by atoms with E-state index < -0.39 is 0 Å². The van der Waals surface area contributed by atoms with Crippen LogP contribution in [0.2, 0.25) is 0 Å². The van der Waals surface area contributed by atoms with E-state index in [9.17, 15) is 5.11 Å². The molecule has 0 aliphatic heterocycles. The number of thiophene rings is 1. The summed E-state index contributed by atoms with van der Waals surface area (Å²) >= 11 is 1.64. The minimum Gasteiger partial charge on any atom is -0.396 e. The summed E-state index contributed by atoms with van der Waals surface area (Å²) in [7, 11) is 0. The maximum atomic E-state index is 9.27. The molecule has 0 spiro atoms. The molecule has 0 aromatic carbocycles. The number of nitriles is 1. The van der Waals surface area contributed by atoms with Crippen LogP contribution in [-0.4, -0.2) is 18.3 Å². The molecule has 1 aliphatic rings. The fraction of sp³-hybridized carbons (Fsp3) is 0.667. The molecule has 19 heavy (non-hydrogen) atoms. The van der Waals surface area contributed by atoms with Gasteiger partial charge in [-0.2, -0.15) is 5.26 Å². The summed E-state index contributed by atoms with van der Waals surface area (Å²) in [6.45, 7) is 2.10. The molecule has 3 nitrogen and oxygen atoms in total. The van der Waals surface area contributed by atoms with E-state index in [0.29, 0.717) is 12.0 Å². The second-order valence-corrected chi connectivity index (χ2v) is 6.55. The van der Waals surface area contributed by atoms with Gasteiger partial charge < -0.3 is 10.4 Å². The van der Waals surface area contributed by atoms with Crippen molar-refractivity contribution in [1.29, 1.82) is 5.26 Å². The highest BCUT2D eigenvalue weighted by molar-refractivity contribution is 7.10. The van der Waals surface area contributed by atoms with Gasteiger partial charge in [-0.25, -0.2) is 0 Å². The van der Waals surface area contributed by atoms with Crippen molar-refractivity contribution in [3.05, 3.63) is 21.9 Å². The Balaban J connectivity index is 1.83. The van der Waals surface area contributed by atoms with Crippen LogP contribution in [0.4, 0.5) is 0 Å². The van der Waals surface area contributed by atoms with Crippen LogP contribution in [0.25, 0.3) is 0 Å². The zero-order chi connectivity index (χ0) is 13.6. The summed E-state index contributed by atoms with van der Waals surface area (Å²) < 4.78 is 0. The van der Waals surface area contributed by atoms with Gasteiger partial charge >= 0.3 is 0 Å². The standard InChI is InChI=1S/C15H22N2OS/c16-9-13-8-14(19-11-13)10-17-12-15(6-7-18)4-2-1-3-5-15/h8,11,17-18H,1-7,10,12H2. The van der Waals surface area contributed by atoms with E-state index in [1.165, 1.54) is 37.0 Å². The zero-order valence-corrected chi connectivity index (χ0v) is 12.1. The molecule has 0 saturated heterocycles. The Bertz CT molecular complexity index is 424. The van der Waals surface area contributed by atoms with E-state index in [2.05, 4.69) is 11.4 Å². The Labute approximate surface area is 119 Å². The molecule has 0 amide bonds. The van der Waals surface area contributed by atoms with Gasteiger partial charge in [0, 0.05) is 30.0 Å². The Hall–Kier alpha value is -0.890. The third-order valence-electron chi connectivity index (χ3n) is 4.14. The fourth-order valence-corrected chi connectivity index (χ4v) is 3.82. The largest absolute Gasteiger partial charge is 0.396 e. The molecule has 4 heteroatoms. The lowest BCUT2D eigenvalue weighted by molar-refractivity contribution is 0.126. The van der Waals surface area contributed by atoms with Gasteiger partial charge in [-0.05, 0) is 30.7 Å². The number of rotatable bonds is 6. The molecule has 1 aromatic heterocycles. The number of hydrogen-bond acceptors (Lipinski definition) is 4. The molecule has 0 atom stereocenters. The number of hydrogen-bond donors (Lipinski definition) is 2. The average molecular weight is 278 g/mol. The molecule has 1 aromatic rings. The first-order valence-corrected chi connectivity index (χ1v) is 7.95. The summed E-state index contributed by atoms with van der Waals surface area (Å²) in [5, 5.41) is 23.5. The molecule has 0 bridgehead atoms. The average Bonchev–Trinajstić information content (AvgIpc) is 2.88. The van der Waals surface area contributed by atoms with Crippen molar-refractivity contribution < 1.29 is 5.11 Å². The first-order valence-electron chi connectivity index (χ1n) is 7.07. The molecule has 0 radical (unpaired) electrons. The fourth-order valence-electron chi connectivity index (χ4n) is 3.04. The normalized spacial score (nSPS) is 18.1. The van der Waals surface area contributed by atoms with Gasteiger partial charge in [0.2, 0.25) is 0 Å². The van der Waals surface area contributed by atoms with E-state index in [-0.39, 0.29) is 0 Å². The van der Waals surface area contributed by atoms with Crippen LogP contribution in [-0.2, 0) is 6.54 Å². The van der Waals surface area contributed by atoms with E-state index >= 15 is 0 Å². The van der Waals surface area contributed by atoms with Gasteiger partial charge in [0.15, 0.2) is 0 Å². The minimum atomic E-state index is 0.291. The molecule has 104 valence electrons. The summed E-state index contributed by atoms with van der Waals surface area (Å²) in [4.78, 5) is 1.21. The second kappa shape index (κ2) is 7.04. The van der Waals surface area contributed by atoms with E-state index in [1.54, 1.807) is 11.3 Å². The van der Waals surface area contributed by atoms with Gasteiger partial charge in [-0.15, -0.1) is 11.3 Å². The topological polar surface area (TPSA) is 56.0 Å².